The average Bonchev–Trinajstić information content (AvgIpc) is 3.76. The smallest absolute Gasteiger partial charge is 0.0541 e. The van der Waals surface area contributed by atoms with Crippen molar-refractivity contribution >= 4 is 53.3 Å². The van der Waals surface area contributed by atoms with Gasteiger partial charge in [0.15, 0.2) is 0 Å². The Morgan fingerprint density at radius 3 is 2.06 bits per heavy atom. The van der Waals surface area contributed by atoms with Crippen molar-refractivity contribution in [1.29, 1.82) is 0 Å². The Morgan fingerprint density at radius 2 is 1.19 bits per heavy atom. The van der Waals surface area contributed by atoms with Gasteiger partial charge in [-0.3, -0.25) is 0 Å². The highest BCUT2D eigenvalue weighted by atomic mass is 32.1. The van der Waals surface area contributed by atoms with Gasteiger partial charge in [0.1, 0.15) is 0 Å². The highest BCUT2D eigenvalue weighted by molar-refractivity contribution is 7.25. The summed E-state index contributed by atoms with van der Waals surface area (Å²) >= 11 is 1.90. The van der Waals surface area contributed by atoms with Gasteiger partial charge in [0.05, 0.1) is 11.0 Å². The maximum absolute atomic E-state index is 2.63. The van der Waals surface area contributed by atoms with Crippen LogP contribution in [0.1, 0.15) is 43.2 Å². The molecule has 230 valence electrons. The second-order valence-corrected chi connectivity index (χ2v) is 16.4. The standard InChI is InChI=1S/C46H35NS/c1-4-12-39-34(8-1)35-18-17-32(26-40(35)46(39)30-21-27-20-28(23-30)24-31(46)22-27)47-41-13-5-2-9-36(41)38-25-29(16-19-42(38)47)33-11-7-15-44-45(33)37-10-3-6-14-43(37)48-44/h1-19,25-28,30-31H,20-24H2. The molecule has 8 aromatic rings. The van der Waals surface area contributed by atoms with Crippen molar-refractivity contribution in [2.45, 2.75) is 37.5 Å². The second kappa shape index (κ2) is 9.27. The fourth-order valence-electron chi connectivity index (χ4n) is 11.7. The molecular formula is C46H35NS. The molecule has 48 heavy (non-hydrogen) atoms. The number of aromatic nitrogens is 1. The van der Waals surface area contributed by atoms with Crippen molar-refractivity contribution in [2.75, 3.05) is 0 Å². The van der Waals surface area contributed by atoms with Gasteiger partial charge in [0.2, 0.25) is 0 Å². The van der Waals surface area contributed by atoms with Crippen LogP contribution in [0.25, 0.3) is 69.9 Å². The van der Waals surface area contributed by atoms with Crippen molar-refractivity contribution in [2.24, 2.45) is 23.7 Å². The fourth-order valence-corrected chi connectivity index (χ4v) is 12.8. The summed E-state index contributed by atoms with van der Waals surface area (Å²) in [4.78, 5) is 0. The molecule has 0 saturated heterocycles. The molecule has 2 heterocycles. The molecule has 5 aliphatic rings. The lowest BCUT2D eigenvalue weighted by Gasteiger charge is -2.61. The van der Waals surface area contributed by atoms with Gasteiger partial charge in [-0.1, -0.05) is 84.9 Å². The van der Waals surface area contributed by atoms with E-state index in [1.165, 1.54) is 102 Å². The summed E-state index contributed by atoms with van der Waals surface area (Å²) in [5, 5.41) is 5.38. The summed E-state index contributed by atoms with van der Waals surface area (Å²) in [5.41, 5.74) is 12.9. The summed E-state index contributed by atoms with van der Waals surface area (Å²) in [6.07, 6.45) is 7.13. The van der Waals surface area contributed by atoms with Crippen molar-refractivity contribution in [3.8, 4) is 27.9 Å². The molecule has 0 atom stereocenters. The zero-order valence-corrected chi connectivity index (χ0v) is 27.6. The number of hydrogen-bond donors (Lipinski definition) is 0. The van der Waals surface area contributed by atoms with Crippen LogP contribution >= 0.6 is 11.3 Å². The van der Waals surface area contributed by atoms with Crippen molar-refractivity contribution in [1.82, 2.24) is 4.57 Å². The summed E-state index contributed by atoms with van der Waals surface area (Å²) in [5.74, 6) is 3.43. The Labute approximate surface area is 284 Å². The number of rotatable bonds is 2. The molecule has 0 N–H and O–H groups in total. The maximum Gasteiger partial charge on any atom is 0.0541 e. The Hall–Kier alpha value is -4.66. The molecule has 4 fully saturated rings. The normalized spacial score (nSPS) is 25.2. The first-order valence-corrected chi connectivity index (χ1v) is 18.8. The zero-order chi connectivity index (χ0) is 31.1. The lowest BCUT2D eigenvalue weighted by molar-refractivity contribution is -0.0399. The first kappa shape index (κ1) is 26.3. The molecule has 1 nitrogen and oxygen atoms in total. The van der Waals surface area contributed by atoms with Crippen LogP contribution in [0, 0.1) is 23.7 Å². The van der Waals surface area contributed by atoms with Gasteiger partial charge in [0, 0.05) is 42.0 Å². The first-order valence-electron chi connectivity index (χ1n) is 17.9. The molecule has 2 heteroatoms. The van der Waals surface area contributed by atoms with Gasteiger partial charge in [-0.2, -0.15) is 0 Å². The SMILES string of the molecule is c1ccc2c(c1)-c1ccc(-n3c4ccccc4c4cc(-c5cccc6sc7ccccc7c56)ccc43)cc1C21C2CC3CC(C2)CC1C3. The molecule has 5 aliphatic carbocycles. The van der Waals surface area contributed by atoms with E-state index in [2.05, 4.69) is 132 Å². The topological polar surface area (TPSA) is 4.93 Å². The molecule has 0 unspecified atom stereocenters. The fraction of sp³-hybridized carbons (Fsp3) is 0.217. The average molecular weight is 634 g/mol. The van der Waals surface area contributed by atoms with Gasteiger partial charge in [0.25, 0.3) is 0 Å². The van der Waals surface area contributed by atoms with E-state index in [0.29, 0.717) is 0 Å². The molecule has 0 aliphatic heterocycles. The maximum atomic E-state index is 2.63. The predicted molar refractivity (Wildman–Crippen MR) is 202 cm³/mol. The second-order valence-electron chi connectivity index (χ2n) is 15.3. The molecule has 4 saturated carbocycles. The van der Waals surface area contributed by atoms with E-state index in [9.17, 15) is 0 Å². The van der Waals surface area contributed by atoms with E-state index >= 15 is 0 Å². The van der Waals surface area contributed by atoms with Gasteiger partial charge < -0.3 is 4.57 Å². The molecule has 0 amide bonds. The van der Waals surface area contributed by atoms with Crippen LogP contribution in [0.5, 0.6) is 0 Å². The molecule has 13 rings (SSSR count). The van der Waals surface area contributed by atoms with Crippen LogP contribution in [-0.4, -0.2) is 4.57 Å². The number of hydrogen-bond acceptors (Lipinski definition) is 1. The zero-order valence-electron chi connectivity index (χ0n) is 26.8. The molecule has 6 aromatic carbocycles. The van der Waals surface area contributed by atoms with Gasteiger partial charge in [-0.15, -0.1) is 11.3 Å². The minimum atomic E-state index is 0.170. The summed E-state index contributed by atoms with van der Waals surface area (Å²) in [6.45, 7) is 0. The molecular weight excluding hydrogens is 599 g/mol. The van der Waals surface area contributed by atoms with Crippen LogP contribution in [-0.2, 0) is 5.41 Å². The van der Waals surface area contributed by atoms with Crippen LogP contribution in [0.3, 0.4) is 0 Å². The summed E-state index contributed by atoms with van der Waals surface area (Å²) in [7, 11) is 0. The van der Waals surface area contributed by atoms with Crippen LogP contribution < -0.4 is 0 Å². The van der Waals surface area contributed by atoms with Gasteiger partial charge in [-0.05, 0) is 132 Å². The molecule has 1 spiro atoms. The lowest BCUT2D eigenvalue weighted by atomic mass is 9.43. The highest BCUT2D eigenvalue weighted by Gasteiger charge is 2.61. The Bertz CT molecular complexity index is 2620. The predicted octanol–water partition coefficient (Wildman–Crippen LogP) is 12.5. The lowest BCUT2D eigenvalue weighted by Crippen LogP contribution is -2.55. The monoisotopic (exact) mass is 633 g/mol. The van der Waals surface area contributed by atoms with Crippen LogP contribution in [0.2, 0.25) is 0 Å². The van der Waals surface area contributed by atoms with E-state index in [0.717, 1.165) is 23.7 Å². The van der Waals surface area contributed by atoms with Crippen molar-refractivity contribution in [3.63, 3.8) is 0 Å². The number of para-hydroxylation sites is 1. The van der Waals surface area contributed by atoms with Gasteiger partial charge in [-0.25, -0.2) is 0 Å². The Kier molecular flexibility index (Phi) is 5.08. The third-order valence-electron chi connectivity index (χ3n) is 13.2. The van der Waals surface area contributed by atoms with Crippen molar-refractivity contribution < 1.29 is 0 Å². The first-order chi connectivity index (χ1) is 23.8. The van der Waals surface area contributed by atoms with Crippen LogP contribution in [0.15, 0.2) is 127 Å². The minimum absolute atomic E-state index is 0.170. The van der Waals surface area contributed by atoms with E-state index in [4.69, 9.17) is 0 Å². The Morgan fingerprint density at radius 1 is 0.500 bits per heavy atom. The van der Waals surface area contributed by atoms with Crippen molar-refractivity contribution in [3.05, 3.63) is 139 Å². The number of benzene rings is 6. The summed E-state index contributed by atoms with van der Waals surface area (Å²) < 4.78 is 5.27. The molecule has 0 radical (unpaired) electrons. The van der Waals surface area contributed by atoms with E-state index in [1.54, 1.807) is 11.1 Å². The largest absolute Gasteiger partial charge is 0.309 e. The quantitative estimate of drug-likeness (QED) is 0.178. The summed E-state index contributed by atoms with van der Waals surface area (Å²) in [6, 6.07) is 48.9. The number of thiophene rings is 1. The van der Waals surface area contributed by atoms with Gasteiger partial charge >= 0.3 is 0 Å². The van der Waals surface area contributed by atoms with E-state index in [1.807, 2.05) is 11.3 Å². The van der Waals surface area contributed by atoms with Crippen LogP contribution in [0.4, 0.5) is 0 Å². The van der Waals surface area contributed by atoms with E-state index in [-0.39, 0.29) is 5.41 Å². The molecule has 2 aromatic heterocycles. The number of fused-ring (bicyclic) bond motifs is 9. The third-order valence-corrected chi connectivity index (χ3v) is 14.3. The Balaban J connectivity index is 1.08. The molecule has 4 bridgehead atoms. The number of nitrogens with zero attached hydrogens (tertiary/aromatic N) is 1. The highest BCUT2D eigenvalue weighted by Crippen LogP contribution is 2.69. The van der Waals surface area contributed by atoms with E-state index < -0.39 is 0 Å². The minimum Gasteiger partial charge on any atom is -0.309 e. The third kappa shape index (κ3) is 3.23.